The van der Waals surface area contributed by atoms with Gasteiger partial charge < -0.3 is 4.90 Å². The Morgan fingerprint density at radius 3 is 2.50 bits per heavy atom. The van der Waals surface area contributed by atoms with Crippen molar-refractivity contribution in [3.8, 4) is 22.4 Å². The summed E-state index contributed by atoms with van der Waals surface area (Å²) in [5.74, 6) is 0. The Morgan fingerprint density at radius 2 is 1.74 bits per heavy atom. The third kappa shape index (κ3) is 4.49. The summed E-state index contributed by atoms with van der Waals surface area (Å²) in [6.07, 6.45) is 7.62. The summed E-state index contributed by atoms with van der Waals surface area (Å²) in [6, 6.07) is 20.7. The van der Waals surface area contributed by atoms with Crippen molar-refractivity contribution in [2.24, 2.45) is 0 Å². The average molecular weight is 452 g/mol. The van der Waals surface area contributed by atoms with Gasteiger partial charge in [0.05, 0.1) is 6.20 Å². The lowest BCUT2D eigenvalue weighted by molar-refractivity contribution is 0.149. The van der Waals surface area contributed by atoms with Crippen LogP contribution in [0.1, 0.15) is 36.1 Å². The second kappa shape index (κ2) is 9.59. The third-order valence-electron chi connectivity index (χ3n) is 6.69. The molecule has 2 aromatic carbocycles. The zero-order valence-corrected chi connectivity index (χ0v) is 19.7. The third-order valence-corrected chi connectivity index (χ3v) is 6.69. The summed E-state index contributed by atoms with van der Waals surface area (Å²) in [5, 5.41) is 8.49. The first-order valence-corrected chi connectivity index (χ1v) is 11.9. The van der Waals surface area contributed by atoms with Crippen LogP contribution >= 0.6 is 0 Å². The lowest BCUT2D eigenvalue weighted by atomic mass is 9.96. The van der Waals surface area contributed by atoms with Crippen molar-refractivity contribution < 1.29 is 4.79 Å². The highest BCUT2D eigenvalue weighted by atomic mass is 16.2. The van der Waals surface area contributed by atoms with E-state index in [0.717, 1.165) is 54.6 Å². The molecule has 1 fully saturated rings. The number of piperidine rings is 1. The summed E-state index contributed by atoms with van der Waals surface area (Å²) >= 11 is 0. The topological polar surface area (TPSA) is 63.9 Å². The maximum absolute atomic E-state index is 13.3. The second-order valence-electron chi connectivity index (χ2n) is 9.03. The molecule has 6 nitrogen and oxygen atoms in total. The largest absolute Gasteiger partial charge is 0.346 e. The fraction of sp³-hybridized carbons (Fsp3) is 0.286. The Balaban J connectivity index is 1.34. The Bertz CT molecular complexity index is 1260. The number of likely N-dealkylation sites (tertiary alicyclic amines) is 1. The van der Waals surface area contributed by atoms with Crippen LogP contribution in [0, 0.1) is 13.8 Å². The van der Waals surface area contributed by atoms with E-state index in [2.05, 4.69) is 58.6 Å². The van der Waals surface area contributed by atoms with Gasteiger partial charge in [0.1, 0.15) is 5.69 Å². The highest BCUT2D eigenvalue weighted by Gasteiger charge is 2.28. The number of hydrogen-bond acceptors (Lipinski definition) is 4. The van der Waals surface area contributed by atoms with Crippen LogP contribution in [0.4, 0.5) is 4.79 Å². The highest BCUT2D eigenvalue weighted by molar-refractivity contribution is 5.78. The lowest BCUT2D eigenvalue weighted by Crippen LogP contribution is -2.46. The van der Waals surface area contributed by atoms with Crippen molar-refractivity contribution in [2.75, 3.05) is 6.54 Å². The van der Waals surface area contributed by atoms with Crippen molar-refractivity contribution in [1.29, 1.82) is 0 Å². The molecule has 2 aromatic heterocycles. The molecule has 0 saturated carbocycles. The molecule has 1 amide bonds. The number of aromatic nitrogens is 4. The van der Waals surface area contributed by atoms with Gasteiger partial charge >= 0.3 is 6.03 Å². The first-order valence-electron chi connectivity index (χ1n) is 11.9. The molecule has 1 saturated heterocycles. The SMILES string of the molecule is Cc1ccnc(C)c1-c1ccc(-c2cn(C(=O)N3CCCCC3Cc3ccccc3)nn2)cc1. The molecule has 1 aliphatic heterocycles. The zero-order chi connectivity index (χ0) is 23.5. The van der Waals surface area contributed by atoms with E-state index in [9.17, 15) is 4.79 Å². The molecular weight excluding hydrogens is 422 g/mol. The van der Waals surface area contributed by atoms with Gasteiger partial charge in [0.15, 0.2) is 0 Å². The Labute approximate surface area is 200 Å². The fourth-order valence-electron chi connectivity index (χ4n) is 4.91. The van der Waals surface area contributed by atoms with E-state index in [4.69, 9.17) is 0 Å². The maximum Gasteiger partial charge on any atom is 0.346 e. The molecule has 172 valence electrons. The van der Waals surface area contributed by atoms with Crippen molar-refractivity contribution in [2.45, 2.75) is 45.6 Å². The molecule has 0 aliphatic carbocycles. The van der Waals surface area contributed by atoms with Crippen molar-refractivity contribution in [1.82, 2.24) is 24.9 Å². The molecule has 34 heavy (non-hydrogen) atoms. The quantitative estimate of drug-likeness (QED) is 0.400. The highest BCUT2D eigenvalue weighted by Crippen LogP contribution is 2.28. The van der Waals surface area contributed by atoms with Crippen molar-refractivity contribution in [3.05, 3.63) is 89.9 Å². The number of hydrogen-bond donors (Lipinski definition) is 0. The lowest BCUT2D eigenvalue weighted by Gasteiger charge is -2.35. The number of rotatable bonds is 4. The van der Waals surface area contributed by atoms with Crippen LogP contribution in [0.2, 0.25) is 0 Å². The summed E-state index contributed by atoms with van der Waals surface area (Å²) in [7, 11) is 0. The summed E-state index contributed by atoms with van der Waals surface area (Å²) in [4.78, 5) is 19.7. The summed E-state index contributed by atoms with van der Waals surface area (Å²) < 4.78 is 1.39. The molecule has 4 aromatic rings. The van der Waals surface area contributed by atoms with E-state index in [0.29, 0.717) is 5.69 Å². The average Bonchev–Trinajstić information content (AvgIpc) is 3.35. The van der Waals surface area contributed by atoms with Gasteiger partial charge in [-0.15, -0.1) is 5.10 Å². The molecule has 1 aliphatic rings. The van der Waals surface area contributed by atoms with Gasteiger partial charge in [0, 0.05) is 35.6 Å². The molecular formula is C28H29N5O. The maximum atomic E-state index is 13.3. The van der Waals surface area contributed by atoms with Crippen LogP contribution in [0.15, 0.2) is 73.1 Å². The molecule has 1 atom stereocenters. The smallest absolute Gasteiger partial charge is 0.320 e. The van der Waals surface area contributed by atoms with E-state index in [1.807, 2.05) is 42.3 Å². The number of carbonyl (C=O) groups is 1. The number of carbonyl (C=O) groups excluding carboxylic acids is 1. The van der Waals surface area contributed by atoms with Crippen LogP contribution < -0.4 is 0 Å². The monoisotopic (exact) mass is 451 g/mol. The molecule has 0 bridgehead atoms. The Morgan fingerprint density at radius 1 is 0.971 bits per heavy atom. The van der Waals surface area contributed by atoms with Crippen LogP contribution in [0.3, 0.4) is 0 Å². The normalized spacial score (nSPS) is 15.9. The molecule has 1 unspecified atom stereocenters. The van der Waals surface area contributed by atoms with Crippen molar-refractivity contribution >= 4 is 6.03 Å². The van der Waals surface area contributed by atoms with Crippen LogP contribution in [-0.4, -0.2) is 43.5 Å². The van der Waals surface area contributed by atoms with Gasteiger partial charge in [-0.25, -0.2) is 4.79 Å². The van der Waals surface area contributed by atoms with Crippen molar-refractivity contribution in [3.63, 3.8) is 0 Å². The minimum Gasteiger partial charge on any atom is -0.320 e. The van der Waals surface area contributed by atoms with E-state index < -0.39 is 0 Å². The van der Waals surface area contributed by atoms with E-state index in [1.54, 1.807) is 6.20 Å². The predicted molar refractivity (Wildman–Crippen MR) is 133 cm³/mol. The Kier molecular flexibility index (Phi) is 6.21. The van der Waals surface area contributed by atoms with Crippen LogP contribution in [-0.2, 0) is 6.42 Å². The van der Waals surface area contributed by atoms with E-state index in [1.165, 1.54) is 15.8 Å². The molecule has 0 spiro atoms. The molecule has 0 radical (unpaired) electrons. The molecule has 0 N–H and O–H groups in total. The van der Waals surface area contributed by atoms with Gasteiger partial charge in [-0.2, -0.15) is 4.68 Å². The second-order valence-corrected chi connectivity index (χ2v) is 9.03. The van der Waals surface area contributed by atoms with Crippen LogP contribution in [0.25, 0.3) is 22.4 Å². The first-order chi connectivity index (χ1) is 16.6. The summed E-state index contributed by atoms with van der Waals surface area (Å²) in [5.41, 5.74) is 7.36. The summed E-state index contributed by atoms with van der Waals surface area (Å²) in [6.45, 7) is 4.88. The zero-order valence-electron chi connectivity index (χ0n) is 19.7. The van der Waals surface area contributed by atoms with Gasteiger partial charge in [0.2, 0.25) is 0 Å². The van der Waals surface area contributed by atoms with E-state index in [-0.39, 0.29) is 12.1 Å². The van der Waals surface area contributed by atoms with Gasteiger partial charge in [0.25, 0.3) is 0 Å². The number of nitrogens with zero attached hydrogens (tertiary/aromatic N) is 5. The predicted octanol–water partition coefficient (Wildman–Crippen LogP) is 5.69. The molecule has 5 rings (SSSR count). The van der Waals surface area contributed by atoms with E-state index >= 15 is 0 Å². The molecule has 3 heterocycles. The first kappa shape index (κ1) is 22.0. The minimum absolute atomic E-state index is 0.0994. The number of aryl methyl sites for hydroxylation is 2. The number of amides is 1. The standard InChI is InChI=1S/C28H29N5O/c1-20-15-16-29-21(2)27(20)24-13-11-23(12-14-24)26-19-33(31-30-26)28(34)32-17-7-6-10-25(32)18-22-8-4-3-5-9-22/h3-5,8-9,11-16,19,25H,6-7,10,17-18H2,1-2H3. The minimum atomic E-state index is -0.0994. The Hall–Kier alpha value is -3.80. The van der Waals surface area contributed by atoms with Gasteiger partial charge in [-0.3, -0.25) is 4.98 Å². The molecule has 6 heteroatoms. The van der Waals surface area contributed by atoms with Gasteiger partial charge in [-0.1, -0.05) is 59.8 Å². The number of benzene rings is 2. The number of pyridine rings is 1. The van der Waals surface area contributed by atoms with Crippen LogP contribution in [0.5, 0.6) is 0 Å². The van der Waals surface area contributed by atoms with Gasteiger partial charge in [-0.05, 0) is 62.3 Å². The fourth-order valence-corrected chi connectivity index (χ4v) is 4.91.